The molecule has 0 rings (SSSR count). The average Bonchev–Trinajstić information content (AvgIpc) is 2.00. The Kier molecular flexibility index (Phi) is 5.32. The summed E-state index contributed by atoms with van der Waals surface area (Å²) < 4.78 is 34.3. The molecule has 0 saturated carbocycles. The minimum Gasteiger partial charge on any atom is -0.457 e. The fraction of sp³-hybridized carbons (Fsp3) is 0.571. The van der Waals surface area contributed by atoms with Gasteiger partial charge in [0.1, 0.15) is 11.9 Å². The second kappa shape index (κ2) is 5.47. The van der Waals surface area contributed by atoms with E-state index in [1.165, 1.54) is 0 Å². The highest BCUT2D eigenvalue weighted by Crippen LogP contribution is 2.11. The van der Waals surface area contributed by atoms with Gasteiger partial charge in [-0.1, -0.05) is 22.5 Å². The van der Waals surface area contributed by atoms with E-state index in [0.717, 1.165) is 6.08 Å². The number of hydrogen-bond acceptors (Lipinski definition) is 4. The molecule has 0 aromatic heterocycles. The summed E-state index contributed by atoms with van der Waals surface area (Å²) >= 11 is 3.06. The molecule has 14 heavy (non-hydrogen) atoms. The molecule has 0 aromatic carbocycles. The molecular weight excluding hydrogens is 276 g/mol. The Bertz CT molecular complexity index is 308. The molecule has 5 nitrogen and oxygen atoms in total. The molecule has 0 aliphatic carbocycles. The van der Waals surface area contributed by atoms with Crippen molar-refractivity contribution in [2.75, 3.05) is 5.75 Å². The average molecular weight is 287 g/mol. The predicted molar refractivity (Wildman–Crippen MR) is 54.9 cm³/mol. The van der Waals surface area contributed by atoms with Gasteiger partial charge in [-0.25, -0.2) is 4.79 Å². The molecule has 0 saturated heterocycles. The molecule has 0 aromatic rings. The summed E-state index contributed by atoms with van der Waals surface area (Å²) in [4.78, 5) is 10.4. The summed E-state index contributed by atoms with van der Waals surface area (Å²) in [5.41, 5.74) is 0. The summed E-state index contributed by atoms with van der Waals surface area (Å²) in [7, 11) is -4.16. The summed E-state index contributed by atoms with van der Waals surface area (Å²) in [6, 6.07) is 0. The summed E-state index contributed by atoms with van der Waals surface area (Å²) in [6.07, 6.45) is -0.0117. The Morgan fingerprint density at radius 2 is 2.21 bits per heavy atom. The zero-order valence-corrected chi connectivity index (χ0v) is 9.92. The van der Waals surface area contributed by atoms with Crippen molar-refractivity contribution in [3.63, 3.8) is 0 Å². The van der Waals surface area contributed by atoms with Crippen LogP contribution in [-0.2, 0) is 19.6 Å². The molecule has 0 amide bonds. The maximum absolute atomic E-state index is 10.8. The standard InChI is InChI=1S/C7H11BrO5S/c1-3-7(9)13-6(5(2)8)4-14(10,11)12/h3,5-6H,1,4H2,2H3,(H,10,11,12). The van der Waals surface area contributed by atoms with Crippen molar-refractivity contribution in [2.24, 2.45) is 0 Å². The van der Waals surface area contributed by atoms with Gasteiger partial charge in [-0.3, -0.25) is 4.55 Å². The van der Waals surface area contributed by atoms with Crippen LogP contribution in [0.3, 0.4) is 0 Å². The van der Waals surface area contributed by atoms with Gasteiger partial charge in [0, 0.05) is 10.9 Å². The quantitative estimate of drug-likeness (QED) is 0.349. The van der Waals surface area contributed by atoms with Crippen molar-refractivity contribution in [3.05, 3.63) is 12.7 Å². The predicted octanol–water partition coefficient (Wildman–Crippen LogP) is 0.755. The van der Waals surface area contributed by atoms with Crippen LogP contribution in [0.25, 0.3) is 0 Å². The second-order valence-corrected chi connectivity index (χ2v) is 5.55. The third-order valence-corrected chi connectivity index (χ3v) is 2.66. The third-order valence-electron chi connectivity index (χ3n) is 1.32. The van der Waals surface area contributed by atoms with E-state index in [1.54, 1.807) is 6.92 Å². The van der Waals surface area contributed by atoms with Crippen molar-refractivity contribution < 1.29 is 22.5 Å². The van der Waals surface area contributed by atoms with Gasteiger partial charge in [-0.2, -0.15) is 8.42 Å². The molecule has 2 atom stereocenters. The van der Waals surface area contributed by atoms with Crippen molar-refractivity contribution >= 4 is 32.0 Å². The highest BCUT2D eigenvalue weighted by atomic mass is 79.9. The molecule has 0 radical (unpaired) electrons. The number of alkyl halides is 1. The van der Waals surface area contributed by atoms with Crippen LogP contribution in [0.5, 0.6) is 0 Å². The Morgan fingerprint density at radius 1 is 1.71 bits per heavy atom. The molecule has 0 aliphatic heterocycles. The number of carbonyl (C=O) groups is 1. The van der Waals surface area contributed by atoms with E-state index in [0.29, 0.717) is 0 Å². The molecule has 0 spiro atoms. The Morgan fingerprint density at radius 3 is 2.50 bits per heavy atom. The molecular formula is C7H11BrO5S. The molecule has 82 valence electrons. The van der Waals surface area contributed by atoms with E-state index in [4.69, 9.17) is 9.29 Å². The maximum Gasteiger partial charge on any atom is 0.330 e. The van der Waals surface area contributed by atoms with Gasteiger partial charge in [0.15, 0.2) is 0 Å². The first-order valence-corrected chi connectivity index (χ1v) is 6.21. The molecule has 0 heterocycles. The lowest BCUT2D eigenvalue weighted by Crippen LogP contribution is -2.32. The monoisotopic (exact) mass is 286 g/mol. The lowest BCUT2D eigenvalue weighted by Gasteiger charge is -2.17. The number of esters is 1. The van der Waals surface area contributed by atoms with Crippen LogP contribution in [0.1, 0.15) is 6.92 Å². The Labute approximate surface area is 91.0 Å². The fourth-order valence-corrected chi connectivity index (χ4v) is 1.98. The first-order valence-electron chi connectivity index (χ1n) is 3.68. The lowest BCUT2D eigenvalue weighted by molar-refractivity contribution is -0.141. The maximum atomic E-state index is 10.8. The highest BCUT2D eigenvalue weighted by Gasteiger charge is 2.24. The van der Waals surface area contributed by atoms with E-state index >= 15 is 0 Å². The van der Waals surface area contributed by atoms with Gasteiger partial charge in [-0.05, 0) is 6.92 Å². The zero-order valence-electron chi connectivity index (χ0n) is 7.51. The lowest BCUT2D eigenvalue weighted by atomic mass is 10.3. The molecule has 1 N–H and O–H groups in total. The third kappa shape index (κ3) is 6.11. The minimum absolute atomic E-state index is 0.381. The Balaban J connectivity index is 4.46. The summed E-state index contributed by atoms with van der Waals surface area (Å²) in [5, 5.41) is 0. The zero-order chi connectivity index (χ0) is 11.4. The van der Waals surface area contributed by atoms with Gasteiger partial charge in [0.2, 0.25) is 0 Å². The number of carbonyl (C=O) groups excluding carboxylic acids is 1. The van der Waals surface area contributed by atoms with Gasteiger partial charge >= 0.3 is 5.97 Å². The van der Waals surface area contributed by atoms with E-state index in [-0.39, 0.29) is 4.83 Å². The number of halogens is 1. The van der Waals surface area contributed by atoms with Crippen LogP contribution in [0, 0.1) is 0 Å². The highest BCUT2D eigenvalue weighted by molar-refractivity contribution is 9.09. The second-order valence-electron chi connectivity index (χ2n) is 2.61. The molecule has 2 unspecified atom stereocenters. The van der Waals surface area contributed by atoms with Crippen LogP contribution in [0.2, 0.25) is 0 Å². The van der Waals surface area contributed by atoms with E-state index in [9.17, 15) is 13.2 Å². The van der Waals surface area contributed by atoms with Crippen molar-refractivity contribution in [1.29, 1.82) is 0 Å². The molecule has 0 aliphatic rings. The van der Waals surface area contributed by atoms with Crippen LogP contribution >= 0.6 is 15.9 Å². The van der Waals surface area contributed by atoms with Crippen LogP contribution in [0.15, 0.2) is 12.7 Å². The van der Waals surface area contributed by atoms with E-state index in [2.05, 4.69) is 22.5 Å². The van der Waals surface area contributed by atoms with E-state index < -0.39 is 27.9 Å². The fourth-order valence-electron chi connectivity index (χ4n) is 0.665. The normalized spacial score (nSPS) is 15.6. The first-order chi connectivity index (χ1) is 6.26. The van der Waals surface area contributed by atoms with Gasteiger partial charge < -0.3 is 4.74 Å². The van der Waals surface area contributed by atoms with Crippen molar-refractivity contribution in [1.82, 2.24) is 0 Å². The number of ether oxygens (including phenoxy) is 1. The van der Waals surface area contributed by atoms with Crippen LogP contribution in [-0.4, -0.2) is 35.6 Å². The number of rotatable bonds is 5. The smallest absolute Gasteiger partial charge is 0.330 e. The first kappa shape index (κ1) is 13.6. The van der Waals surface area contributed by atoms with E-state index in [1.807, 2.05) is 0 Å². The SMILES string of the molecule is C=CC(=O)OC(CS(=O)(=O)O)C(C)Br. The van der Waals surface area contributed by atoms with Crippen LogP contribution in [0.4, 0.5) is 0 Å². The minimum atomic E-state index is -4.16. The van der Waals surface area contributed by atoms with Crippen molar-refractivity contribution in [2.45, 2.75) is 17.9 Å². The molecule has 7 heteroatoms. The van der Waals surface area contributed by atoms with Gasteiger partial charge in [-0.15, -0.1) is 0 Å². The Hall–Kier alpha value is -0.400. The largest absolute Gasteiger partial charge is 0.457 e. The van der Waals surface area contributed by atoms with Gasteiger partial charge in [0.05, 0.1) is 0 Å². The summed E-state index contributed by atoms with van der Waals surface area (Å²) in [6.45, 7) is 4.77. The van der Waals surface area contributed by atoms with Crippen LogP contribution < -0.4 is 0 Å². The summed E-state index contributed by atoms with van der Waals surface area (Å²) in [5.74, 6) is -1.37. The van der Waals surface area contributed by atoms with Crippen molar-refractivity contribution in [3.8, 4) is 0 Å². The molecule has 0 bridgehead atoms. The van der Waals surface area contributed by atoms with Gasteiger partial charge in [0.25, 0.3) is 10.1 Å². The number of hydrogen-bond donors (Lipinski definition) is 1. The molecule has 0 fully saturated rings. The topological polar surface area (TPSA) is 80.7 Å².